The highest BCUT2D eigenvalue weighted by Gasteiger charge is 2.29. The van der Waals surface area contributed by atoms with Crippen molar-refractivity contribution in [2.24, 2.45) is 0 Å². The first-order chi connectivity index (χ1) is 12.5. The van der Waals surface area contributed by atoms with Crippen molar-refractivity contribution in [3.63, 3.8) is 0 Å². The second kappa shape index (κ2) is 8.24. The van der Waals surface area contributed by atoms with Gasteiger partial charge >= 0.3 is 0 Å². The quantitative estimate of drug-likeness (QED) is 0.785. The van der Waals surface area contributed by atoms with Crippen LogP contribution in [-0.4, -0.2) is 65.4 Å². The highest BCUT2D eigenvalue weighted by Crippen LogP contribution is 2.24. The van der Waals surface area contributed by atoms with E-state index in [9.17, 15) is 13.2 Å². The van der Waals surface area contributed by atoms with Gasteiger partial charge in [-0.05, 0) is 24.3 Å². The van der Waals surface area contributed by atoms with Crippen molar-refractivity contribution >= 4 is 27.7 Å². The Labute approximate surface area is 157 Å². The summed E-state index contributed by atoms with van der Waals surface area (Å²) in [6.45, 7) is 3.62. The minimum atomic E-state index is -3.60. The summed E-state index contributed by atoms with van der Waals surface area (Å²) in [6, 6.07) is 7.58. The molecule has 0 radical (unpaired) electrons. The fourth-order valence-corrected chi connectivity index (χ4v) is 5.12. The summed E-state index contributed by atoms with van der Waals surface area (Å²) in [5.41, 5.74) is 0.684. The second-order valence-corrected chi connectivity index (χ2v) is 9.11. The topological polar surface area (TPSA) is 86.4 Å². The smallest absolute Gasteiger partial charge is 0.260 e. The van der Waals surface area contributed by atoms with Gasteiger partial charge in [-0.15, -0.1) is 11.8 Å². The Morgan fingerprint density at radius 1 is 1.23 bits per heavy atom. The largest absolute Gasteiger partial charge is 0.337 e. The normalized spacial score (nSPS) is 16.4. The maximum absolute atomic E-state index is 13.0. The van der Waals surface area contributed by atoms with Crippen LogP contribution in [0.2, 0.25) is 0 Å². The molecule has 0 saturated carbocycles. The molecule has 1 fully saturated rings. The first kappa shape index (κ1) is 18.9. The van der Waals surface area contributed by atoms with Gasteiger partial charge in [0.2, 0.25) is 0 Å². The molecule has 3 rings (SSSR count). The molecule has 1 N–H and O–H groups in total. The van der Waals surface area contributed by atoms with Gasteiger partial charge in [0.05, 0.1) is 18.1 Å². The number of rotatable bonds is 5. The van der Waals surface area contributed by atoms with Gasteiger partial charge in [-0.2, -0.15) is 4.31 Å². The molecule has 1 aliphatic heterocycles. The fourth-order valence-electron chi connectivity index (χ4n) is 2.96. The summed E-state index contributed by atoms with van der Waals surface area (Å²) in [6.07, 6.45) is 3.26. The van der Waals surface area contributed by atoms with Gasteiger partial charge < -0.3 is 9.88 Å². The molecular weight excluding hydrogens is 372 g/mol. The van der Waals surface area contributed by atoms with E-state index in [1.165, 1.54) is 16.8 Å². The lowest BCUT2D eigenvalue weighted by Gasteiger charge is -2.22. The number of amides is 1. The van der Waals surface area contributed by atoms with Crippen LogP contribution in [0.3, 0.4) is 0 Å². The van der Waals surface area contributed by atoms with Crippen LogP contribution in [-0.2, 0) is 10.0 Å². The van der Waals surface area contributed by atoms with Crippen molar-refractivity contribution in [2.45, 2.75) is 23.3 Å². The van der Waals surface area contributed by atoms with Gasteiger partial charge in [-0.25, -0.2) is 13.4 Å². The number of carbonyl (C=O) groups is 1. The molecule has 140 valence electrons. The molecule has 1 aromatic heterocycles. The van der Waals surface area contributed by atoms with Crippen molar-refractivity contribution in [1.82, 2.24) is 19.2 Å². The molecule has 26 heavy (non-hydrogen) atoms. The minimum Gasteiger partial charge on any atom is -0.337 e. The van der Waals surface area contributed by atoms with Crippen molar-refractivity contribution in [3.8, 4) is 0 Å². The Hall–Kier alpha value is -1.84. The van der Waals surface area contributed by atoms with E-state index >= 15 is 0 Å². The number of aromatic amines is 1. The lowest BCUT2D eigenvalue weighted by Crippen LogP contribution is -2.37. The van der Waals surface area contributed by atoms with E-state index in [1.807, 2.05) is 24.3 Å². The molecule has 7 nitrogen and oxygen atoms in total. The van der Waals surface area contributed by atoms with Gasteiger partial charge in [-0.1, -0.05) is 19.1 Å². The molecule has 0 bridgehead atoms. The maximum Gasteiger partial charge on any atom is 0.260 e. The number of imidazole rings is 1. The number of nitrogens with one attached hydrogen (secondary N) is 1. The molecule has 0 spiro atoms. The van der Waals surface area contributed by atoms with Crippen LogP contribution in [0, 0.1) is 0 Å². The molecule has 2 heterocycles. The zero-order valence-corrected chi connectivity index (χ0v) is 16.2. The third-order valence-corrected chi connectivity index (χ3v) is 7.03. The van der Waals surface area contributed by atoms with Gasteiger partial charge in [0.25, 0.3) is 15.9 Å². The van der Waals surface area contributed by atoms with E-state index in [0.29, 0.717) is 31.6 Å². The maximum atomic E-state index is 13.0. The van der Waals surface area contributed by atoms with Crippen LogP contribution in [0.1, 0.15) is 23.7 Å². The zero-order chi connectivity index (χ0) is 18.6. The van der Waals surface area contributed by atoms with E-state index in [4.69, 9.17) is 0 Å². The number of hydrogen-bond acceptors (Lipinski definition) is 5. The van der Waals surface area contributed by atoms with Crippen LogP contribution in [0.4, 0.5) is 0 Å². The van der Waals surface area contributed by atoms with Crippen LogP contribution < -0.4 is 0 Å². The Morgan fingerprint density at radius 3 is 2.77 bits per heavy atom. The van der Waals surface area contributed by atoms with Gasteiger partial charge in [0.1, 0.15) is 0 Å². The summed E-state index contributed by atoms with van der Waals surface area (Å²) in [5, 5.41) is 0.0852. The Morgan fingerprint density at radius 2 is 2.04 bits per heavy atom. The molecule has 1 saturated heterocycles. The molecule has 1 aliphatic rings. The monoisotopic (exact) mass is 394 g/mol. The summed E-state index contributed by atoms with van der Waals surface area (Å²) in [5.74, 6) is 0.850. The van der Waals surface area contributed by atoms with E-state index in [-0.39, 0.29) is 17.5 Å². The van der Waals surface area contributed by atoms with Crippen molar-refractivity contribution in [2.75, 3.05) is 31.9 Å². The predicted molar refractivity (Wildman–Crippen MR) is 101 cm³/mol. The van der Waals surface area contributed by atoms with E-state index < -0.39 is 10.0 Å². The molecular formula is C17H22N4O3S2. The average molecular weight is 395 g/mol. The van der Waals surface area contributed by atoms with E-state index in [0.717, 1.165) is 10.6 Å². The number of nitrogens with zero attached hydrogens (tertiary/aromatic N) is 3. The highest BCUT2D eigenvalue weighted by atomic mass is 32.2. The third-order valence-electron chi connectivity index (χ3n) is 4.25. The standard InChI is InChI=1S/C17H22N4O3S2/c1-2-25-15-7-4-3-6-14(15)17(22)20-8-5-9-21(11-10-20)26(23,24)16-12-18-13-19-16/h3-4,6-7,12-13H,2,5,8-11H2,1H3,(H,18,19). The molecule has 0 aliphatic carbocycles. The summed E-state index contributed by atoms with van der Waals surface area (Å²) in [7, 11) is -3.60. The number of benzene rings is 1. The fraction of sp³-hybridized carbons (Fsp3) is 0.412. The molecule has 0 unspecified atom stereocenters. The lowest BCUT2D eigenvalue weighted by molar-refractivity contribution is 0.0761. The minimum absolute atomic E-state index is 0.0395. The number of thioether (sulfide) groups is 1. The molecule has 0 atom stereocenters. The number of H-pyrrole nitrogens is 1. The first-order valence-corrected chi connectivity index (χ1v) is 11.0. The van der Waals surface area contributed by atoms with Crippen LogP contribution >= 0.6 is 11.8 Å². The van der Waals surface area contributed by atoms with Crippen molar-refractivity contribution < 1.29 is 13.2 Å². The third kappa shape index (κ3) is 3.94. The van der Waals surface area contributed by atoms with E-state index in [2.05, 4.69) is 16.9 Å². The van der Waals surface area contributed by atoms with E-state index in [1.54, 1.807) is 16.7 Å². The highest BCUT2D eigenvalue weighted by molar-refractivity contribution is 7.99. The SMILES string of the molecule is CCSc1ccccc1C(=O)N1CCCN(S(=O)(=O)c2cnc[nH]2)CC1. The molecule has 2 aromatic rings. The summed E-state index contributed by atoms with van der Waals surface area (Å²) >= 11 is 1.64. The Balaban J connectivity index is 1.74. The summed E-state index contributed by atoms with van der Waals surface area (Å²) < 4.78 is 26.7. The average Bonchev–Trinajstić information content (AvgIpc) is 3.07. The van der Waals surface area contributed by atoms with Gasteiger partial charge in [0.15, 0.2) is 5.03 Å². The van der Waals surface area contributed by atoms with Gasteiger partial charge in [0, 0.05) is 31.1 Å². The molecule has 9 heteroatoms. The zero-order valence-electron chi connectivity index (χ0n) is 14.6. The first-order valence-electron chi connectivity index (χ1n) is 8.53. The van der Waals surface area contributed by atoms with Crippen LogP contribution in [0.15, 0.2) is 46.7 Å². The van der Waals surface area contributed by atoms with Gasteiger partial charge in [-0.3, -0.25) is 4.79 Å². The van der Waals surface area contributed by atoms with Crippen molar-refractivity contribution in [3.05, 3.63) is 42.4 Å². The number of aromatic nitrogens is 2. The number of carbonyl (C=O) groups excluding carboxylic acids is 1. The number of hydrogen-bond donors (Lipinski definition) is 1. The second-order valence-electron chi connectivity index (χ2n) is 5.89. The number of sulfonamides is 1. The molecule has 1 aromatic carbocycles. The summed E-state index contributed by atoms with van der Waals surface area (Å²) in [4.78, 5) is 22.1. The van der Waals surface area contributed by atoms with Crippen LogP contribution in [0.5, 0.6) is 0 Å². The Kier molecular flexibility index (Phi) is 6.00. The van der Waals surface area contributed by atoms with Crippen LogP contribution in [0.25, 0.3) is 0 Å². The molecule has 1 amide bonds. The Bertz CT molecular complexity index is 853. The van der Waals surface area contributed by atoms with Crippen molar-refractivity contribution in [1.29, 1.82) is 0 Å². The predicted octanol–water partition coefficient (Wildman–Crippen LogP) is 2.06. The lowest BCUT2D eigenvalue weighted by atomic mass is 10.2.